The summed E-state index contributed by atoms with van der Waals surface area (Å²) in [5, 5.41) is 0. The highest BCUT2D eigenvalue weighted by Crippen LogP contribution is 2.33. The maximum Gasteiger partial charge on any atom is 0.282 e. The maximum atomic E-state index is 13.5. The summed E-state index contributed by atoms with van der Waals surface area (Å²) in [6.45, 7) is 1.99. The lowest BCUT2D eigenvalue weighted by molar-refractivity contribution is -0.113. The Morgan fingerprint density at radius 3 is 2.28 bits per heavy atom. The molecule has 0 spiro atoms. The number of ether oxygens (including phenoxy) is 3. The molecular formula is C26H24N2O4. The fraction of sp³-hybridized carbons (Fsp3) is 0.154. The molecule has 3 aromatic rings. The molecule has 1 heterocycles. The van der Waals surface area contributed by atoms with Gasteiger partial charge in [-0.25, -0.2) is 4.99 Å². The Kier molecular flexibility index (Phi) is 5.94. The molecule has 1 aliphatic rings. The monoisotopic (exact) mass is 428 g/mol. The zero-order valence-electron chi connectivity index (χ0n) is 18.5. The third kappa shape index (κ3) is 3.95. The molecule has 4 rings (SSSR count). The first-order valence-corrected chi connectivity index (χ1v) is 10.1. The molecule has 32 heavy (non-hydrogen) atoms. The van der Waals surface area contributed by atoms with E-state index >= 15 is 0 Å². The van der Waals surface area contributed by atoms with Gasteiger partial charge in [-0.1, -0.05) is 30.3 Å². The molecule has 0 unspecified atom stereocenters. The Balaban J connectivity index is 1.87. The summed E-state index contributed by atoms with van der Waals surface area (Å²) in [6, 6.07) is 20.8. The van der Waals surface area contributed by atoms with Crippen molar-refractivity contribution < 1.29 is 19.0 Å². The lowest BCUT2D eigenvalue weighted by Crippen LogP contribution is -2.32. The molecule has 0 aromatic heterocycles. The van der Waals surface area contributed by atoms with E-state index in [2.05, 4.69) is 0 Å². The lowest BCUT2D eigenvalue weighted by atomic mass is 10.1. The third-order valence-electron chi connectivity index (χ3n) is 5.19. The first kappa shape index (κ1) is 21.2. The Hall–Kier alpha value is -4.06. The molecule has 1 aliphatic heterocycles. The summed E-state index contributed by atoms with van der Waals surface area (Å²) in [7, 11) is 4.76. The van der Waals surface area contributed by atoms with Gasteiger partial charge in [0.25, 0.3) is 5.91 Å². The molecule has 1 amide bonds. The molecule has 3 aromatic carbocycles. The SMILES string of the molecule is COc1ccccc1C=C1N=C(c2ccc(OC)c(OC)c2)N(c2cccc(C)c2)C1=O. The van der Waals surface area contributed by atoms with Crippen molar-refractivity contribution in [3.8, 4) is 17.2 Å². The van der Waals surface area contributed by atoms with Gasteiger partial charge in [-0.05, 0) is 55.0 Å². The molecule has 162 valence electrons. The van der Waals surface area contributed by atoms with Gasteiger partial charge < -0.3 is 14.2 Å². The van der Waals surface area contributed by atoms with E-state index in [0.29, 0.717) is 28.8 Å². The molecular weight excluding hydrogens is 404 g/mol. The number of para-hydroxylation sites is 1. The fourth-order valence-corrected chi connectivity index (χ4v) is 3.63. The number of amidine groups is 1. The minimum Gasteiger partial charge on any atom is -0.496 e. The Bertz CT molecular complexity index is 1230. The first-order chi connectivity index (χ1) is 15.5. The molecule has 0 saturated heterocycles. The van der Waals surface area contributed by atoms with Crippen molar-refractivity contribution in [3.05, 3.63) is 89.1 Å². The zero-order valence-corrected chi connectivity index (χ0v) is 18.5. The standard InChI is InChI=1S/C26H24N2O4/c1-17-8-7-10-20(14-17)28-25(19-12-13-23(31-3)24(16-19)32-4)27-21(26(28)29)15-18-9-5-6-11-22(18)30-2/h5-16H,1-4H3. The number of methoxy groups -OCH3 is 3. The minimum atomic E-state index is -0.216. The quantitative estimate of drug-likeness (QED) is 0.527. The number of nitrogens with zero attached hydrogens (tertiary/aromatic N) is 2. The van der Waals surface area contributed by atoms with E-state index in [1.165, 1.54) is 0 Å². The second-order valence-corrected chi connectivity index (χ2v) is 7.26. The van der Waals surface area contributed by atoms with Crippen LogP contribution in [-0.4, -0.2) is 33.1 Å². The van der Waals surface area contributed by atoms with Crippen LogP contribution in [0.2, 0.25) is 0 Å². The molecule has 0 fully saturated rings. The number of rotatable bonds is 6. The van der Waals surface area contributed by atoms with E-state index in [1.807, 2.05) is 67.6 Å². The Morgan fingerprint density at radius 2 is 1.56 bits per heavy atom. The molecule has 6 nitrogen and oxygen atoms in total. The fourth-order valence-electron chi connectivity index (χ4n) is 3.63. The highest BCUT2D eigenvalue weighted by Gasteiger charge is 2.33. The van der Waals surface area contributed by atoms with Gasteiger partial charge in [0, 0.05) is 11.1 Å². The van der Waals surface area contributed by atoms with Gasteiger partial charge in [0.2, 0.25) is 0 Å². The van der Waals surface area contributed by atoms with Gasteiger partial charge in [0.05, 0.1) is 27.0 Å². The van der Waals surface area contributed by atoms with E-state index < -0.39 is 0 Å². The van der Waals surface area contributed by atoms with Crippen molar-refractivity contribution in [2.45, 2.75) is 6.92 Å². The van der Waals surface area contributed by atoms with Gasteiger partial charge in [0.1, 0.15) is 17.3 Å². The molecule has 0 N–H and O–H groups in total. The number of amides is 1. The van der Waals surface area contributed by atoms with E-state index in [4.69, 9.17) is 19.2 Å². The molecule has 0 bridgehead atoms. The normalized spacial score (nSPS) is 14.5. The number of benzene rings is 3. The van der Waals surface area contributed by atoms with Crippen LogP contribution in [0.15, 0.2) is 77.4 Å². The van der Waals surface area contributed by atoms with Crippen molar-refractivity contribution >= 4 is 23.5 Å². The molecule has 0 saturated carbocycles. The van der Waals surface area contributed by atoms with Crippen molar-refractivity contribution in [1.82, 2.24) is 0 Å². The van der Waals surface area contributed by atoms with E-state index in [1.54, 1.807) is 38.4 Å². The van der Waals surface area contributed by atoms with Crippen LogP contribution in [0.1, 0.15) is 16.7 Å². The number of aliphatic imine (C=N–C) groups is 1. The van der Waals surface area contributed by atoms with Crippen LogP contribution in [0.5, 0.6) is 17.2 Å². The number of aryl methyl sites for hydroxylation is 1. The summed E-state index contributed by atoms with van der Waals surface area (Å²) in [6.07, 6.45) is 1.75. The zero-order chi connectivity index (χ0) is 22.7. The summed E-state index contributed by atoms with van der Waals surface area (Å²) in [5.74, 6) is 2.14. The van der Waals surface area contributed by atoms with Crippen LogP contribution in [0.3, 0.4) is 0 Å². The Labute approximate surface area is 187 Å². The van der Waals surface area contributed by atoms with E-state index in [-0.39, 0.29) is 5.91 Å². The smallest absolute Gasteiger partial charge is 0.282 e. The van der Waals surface area contributed by atoms with Crippen LogP contribution < -0.4 is 19.1 Å². The van der Waals surface area contributed by atoms with E-state index in [9.17, 15) is 4.79 Å². The lowest BCUT2D eigenvalue weighted by Gasteiger charge is -2.20. The highest BCUT2D eigenvalue weighted by molar-refractivity contribution is 6.33. The summed E-state index contributed by atoms with van der Waals surface area (Å²) >= 11 is 0. The van der Waals surface area contributed by atoms with Gasteiger partial charge in [-0.15, -0.1) is 0 Å². The molecule has 6 heteroatoms. The van der Waals surface area contributed by atoms with Crippen molar-refractivity contribution in [1.29, 1.82) is 0 Å². The number of hydrogen-bond acceptors (Lipinski definition) is 5. The van der Waals surface area contributed by atoms with Crippen LogP contribution in [-0.2, 0) is 4.79 Å². The summed E-state index contributed by atoms with van der Waals surface area (Å²) in [5.41, 5.74) is 3.62. The van der Waals surface area contributed by atoms with Crippen molar-refractivity contribution in [2.24, 2.45) is 4.99 Å². The van der Waals surface area contributed by atoms with Crippen LogP contribution in [0, 0.1) is 6.92 Å². The summed E-state index contributed by atoms with van der Waals surface area (Å²) in [4.78, 5) is 19.9. The van der Waals surface area contributed by atoms with Gasteiger partial charge in [0.15, 0.2) is 11.5 Å². The van der Waals surface area contributed by atoms with Crippen LogP contribution in [0.25, 0.3) is 6.08 Å². The predicted molar refractivity (Wildman–Crippen MR) is 126 cm³/mol. The van der Waals surface area contributed by atoms with Crippen molar-refractivity contribution in [2.75, 3.05) is 26.2 Å². The number of carbonyl (C=O) groups excluding carboxylic acids is 1. The first-order valence-electron chi connectivity index (χ1n) is 10.1. The highest BCUT2D eigenvalue weighted by atomic mass is 16.5. The second-order valence-electron chi connectivity index (χ2n) is 7.26. The van der Waals surface area contributed by atoms with E-state index in [0.717, 1.165) is 22.4 Å². The largest absolute Gasteiger partial charge is 0.496 e. The summed E-state index contributed by atoms with van der Waals surface area (Å²) < 4.78 is 16.3. The molecule has 0 aliphatic carbocycles. The topological polar surface area (TPSA) is 60.4 Å². The number of anilines is 1. The van der Waals surface area contributed by atoms with Crippen LogP contribution >= 0.6 is 0 Å². The van der Waals surface area contributed by atoms with Crippen molar-refractivity contribution in [3.63, 3.8) is 0 Å². The second kappa shape index (κ2) is 8.98. The average Bonchev–Trinajstić information content (AvgIpc) is 3.14. The minimum absolute atomic E-state index is 0.216. The maximum absolute atomic E-state index is 13.5. The molecule has 0 atom stereocenters. The average molecular weight is 428 g/mol. The van der Waals surface area contributed by atoms with Crippen LogP contribution in [0.4, 0.5) is 5.69 Å². The number of hydrogen-bond donors (Lipinski definition) is 0. The number of carbonyl (C=O) groups is 1. The molecule has 0 radical (unpaired) electrons. The van der Waals surface area contributed by atoms with Gasteiger partial charge in [-0.2, -0.15) is 0 Å². The Morgan fingerprint density at radius 1 is 0.812 bits per heavy atom. The van der Waals surface area contributed by atoms with Gasteiger partial charge in [-0.3, -0.25) is 9.69 Å². The predicted octanol–water partition coefficient (Wildman–Crippen LogP) is 4.86. The third-order valence-corrected chi connectivity index (χ3v) is 5.19. The van der Waals surface area contributed by atoms with Gasteiger partial charge >= 0.3 is 0 Å².